The Morgan fingerprint density at radius 2 is 2.26 bits per heavy atom. The first-order chi connectivity index (χ1) is 8.99. The second-order valence-electron chi connectivity index (χ2n) is 5.23. The lowest BCUT2D eigenvalue weighted by molar-refractivity contribution is -0.114. The molecule has 0 radical (unpaired) electrons. The van der Waals surface area contributed by atoms with Gasteiger partial charge in [-0.1, -0.05) is 0 Å². The molecule has 1 aliphatic carbocycles. The van der Waals surface area contributed by atoms with E-state index in [1.165, 1.54) is 11.3 Å². The van der Waals surface area contributed by atoms with E-state index < -0.39 is 10.0 Å². The summed E-state index contributed by atoms with van der Waals surface area (Å²) in [7, 11) is -3.47. The Bertz CT molecular complexity index is 569. The van der Waals surface area contributed by atoms with Crippen LogP contribution in [0.25, 0.3) is 0 Å². The summed E-state index contributed by atoms with van der Waals surface area (Å²) in [4.78, 5) is 0.977. The number of aryl methyl sites for hydroxylation is 1. The van der Waals surface area contributed by atoms with Crippen molar-refractivity contribution in [2.75, 3.05) is 6.61 Å². The van der Waals surface area contributed by atoms with Crippen LogP contribution in [0.2, 0.25) is 0 Å². The molecular formula is C12H18N2O3S2. The number of nitrogens with one attached hydrogen (secondary N) is 1. The fourth-order valence-electron chi connectivity index (χ4n) is 2.89. The first kappa shape index (κ1) is 13.5. The van der Waals surface area contributed by atoms with Gasteiger partial charge in [0, 0.05) is 23.4 Å². The van der Waals surface area contributed by atoms with Crippen molar-refractivity contribution in [3.63, 3.8) is 0 Å². The third-order valence-electron chi connectivity index (χ3n) is 3.95. The van der Waals surface area contributed by atoms with Crippen LogP contribution in [-0.4, -0.2) is 33.2 Å². The Kier molecular flexibility index (Phi) is 3.43. The van der Waals surface area contributed by atoms with Crippen molar-refractivity contribution in [2.45, 2.75) is 42.2 Å². The van der Waals surface area contributed by atoms with Crippen LogP contribution in [0.3, 0.4) is 0 Å². The summed E-state index contributed by atoms with van der Waals surface area (Å²) < 4.78 is 33.2. The molecular weight excluding hydrogens is 284 g/mol. The van der Waals surface area contributed by atoms with E-state index in [-0.39, 0.29) is 18.2 Å². The molecule has 1 aromatic rings. The smallest absolute Gasteiger partial charge is 0.250 e. The van der Waals surface area contributed by atoms with Crippen LogP contribution in [0.4, 0.5) is 0 Å². The SMILES string of the molecule is Cc1ccc(S(=O)(=O)NC2C(N)C3CCCOC32)s1. The van der Waals surface area contributed by atoms with Gasteiger partial charge in [-0.2, -0.15) is 0 Å². The van der Waals surface area contributed by atoms with Gasteiger partial charge in [0.15, 0.2) is 0 Å². The summed E-state index contributed by atoms with van der Waals surface area (Å²) in [6, 6.07) is 3.00. The van der Waals surface area contributed by atoms with Crippen LogP contribution in [-0.2, 0) is 14.8 Å². The summed E-state index contributed by atoms with van der Waals surface area (Å²) in [5, 5.41) is 0. The zero-order chi connectivity index (χ0) is 13.6. The molecule has 19 heavy (non-hydrogen) atoms. The van der Waals surface area contributed by atoms with Crippen molar-refractivity contribution in [3.8, 4) is 0 Å². The molecule has 3 rings (SSSR count). The van der Waals surface area contributed by atoms with Gasteiger partial charge in [-0.3, -0.25) is 0 Å². The zero-order valence-electron chi connectivity index (χ0n) is 10.7. The molecule has 1 saturated carbocycles. The average Bonchev–Trinajstić information content (AvgIpc) is 2.83. The van der Waals surface area contributed by atoms with E-state index in [0.717, 1.165) is 17.7 Å². The molecule has 3 N–H and O–H groups in total. The average molecular weight is 302 g/mol. The number of rotatable bonds is 3. The largest absolute Gasteiger partial charge is 0.376 e. The minimum absolute atomic E-state index is 0.0559. The summed E-state index contributed by atoms with van der Waals surface area (Å²) in [5.74, 6) is 0.298. The summed E-state index contributed by atoms with van der Waals surface area (Å²) >= 11 is 1.27. The van der Waals surface area contributed by atoms with Gasteiger partial charge >= 0.3 is 0 Å². The number of thiophene rings is 1. The standard InChI is InChI=1S/C12H18N2O3S2/c1-7-4-5-9(18-7)19(15,16)14-11-10(13)8-3-2-6-17-12(8)11/h4-5,8,10-12,14H,2-3,6,13H2,1H3. The van der Waals surface area contributed by atoms with Gasteiger partial charge in [-0.15, -0.1) is 11.3 Å². The Morgan fingerprint density at radius 1 is 1.47 bits per heavy atom. The monoisotopic (exact) mass is 302 g/mol. The highest BCUT2D eigenvalue weighted by Gasteiger charge is 2.52. The summed E-state index contributed by atoms with van der Waals surface area (Å²) in [6.07, 6.45) is 1.99. The fraction of sp³-hybridized carbons (Fsp3) is 0.667. The maximum Gasteiger partial charge on any atom is 0.250 e. The molecule has 106 valence electrons. The van der Waals surface area contributed by atoms with E-state index in [0.29, 0.717) is 16.7 Å². The highest BCUT2D eigenvalue weighted by atomic mass is 32.2. The molecule has 0 bridgehead atoms. The van der Waals surface area contributed by atoms with E-state index in [9.17, 15) is 8.42 Å². The van der Waals surface area contributed by atoms with E-state index >= 15 is 0 Å². The topological polar surface area (TPSA) is 81.4 Å². The molecule has 2 aliphatic rings. The summed E-state index contributed by atoms with van der Waals surface area (Å²) in [5.41, 5.74) is 6.06. The molecule has 5 nitrogen and oxygen atoms in total. The molecule has 1 aromatic heterocycles. The maximum absolute atomic E-state index is 12.3. The number of hydrogen-bond acceptors (Lipinski definition) is 5. The van der Waals surface area contributed by atoms with Crippen molar-refractivity contribution in [3.05, 3.63) is 17.0 Å². The molecule has 0 spiro atoms. The van der Waals surface area contributed by atoms with Crippen molar-refractivity contribution < 1.29 is 13.2 Å². The van der Waals surface area contributed by atoms with Crippen LogP contribution < -0.4 is 10.5 Å². The molecule has 0 amide bonds. The number of ether oxygens (including phenoxy) is 1. The third kappa shape index (κ3) is 2.34. The number of sulfonamides is 1. The fourth-order valence-corrected chi connectivity index (χ4v) is 5.47. The number of nitrogens with two attached hydrogens (primary N) is 1. The van der Waals surface area contributed by atoms with Gasteiger partial charge in [0.1, 0.15) is 4.21 Å². The van der Waals surface area contributed by atoms with Crippen LogP contribution in [0.15, 0.2) is 16.3 Å². The minimum atomic E-state index is -3.47. The zero-order valence-corrected chi connectivity index (χ0v) is 12.3. The first-order valence-corrected chi connectivity index (χ1v) is 8.75. The molecule has 0 aromatic carbocycles. The predicted octanol–water partition coefficient (Wildman–Crippen LogP) is 0.840. The van der Waals surface area contributed by atoms with Gasteiger partial charge in [0.25, 0.3) is 0 Å². The van der Waals surface area contributed by atoms with Crippen LogP contribution in [0.1, 0.15) is 17.7 Å². The molecule has 2 fully saturated rings. The van der Waals surface area contributed by atoms with Gasteiger partial charge in [-0.25, -0.2) is 13.1 Å². The lowest BCUT2D eigenvalue weighted by Crippen LogP contribution is -2.71. The van der Waals surface area contributed by atoms with Crippen LogP contribution in [0.5, 0.6) is 0 Å². The highest BCUT2D eigenvalue weighted by molar-refractivity contribution is 7.91. The normalized spacial score (nSPS) is 34.6. The van der Waals surface area contributed by atoms with E-state index in [2.05, 4.69) is 4.72 Å². The van der Waals surface area contributed by atoms with Crippen LogP contribution in [0, 0.1) is 12.8 Å². The molecule has 4 unspecified atom stereocenters. The van der Waals surface area contributed by atoms with Crippen LogP contribution >= 0.6 is 11.3 Å². The Morgan fingerprint density at radius 3 is 2.95 bits per heavy atom. The molecule has 4 atom stereocenters. The maximum atomic E-state index is 12.3. The van der Waals surface area contributed by atoms with Gasteiger partial charge < -0.3 is 10.5 Å². The van der Waals surface area contributed by atoms with Crippen molar-refractivity contribution in [1.29, 1.82) is 0 Å². The lowest BCUT2D eigenvalue weighted by Gasteiger charge is -2.52. The summed E-state index contributed by atoms with van der Waals surface area (Å²) in [6.45, 7) is 2.59. The van der Waals surface area contributed by atoms with E-state index in [4.69, 9.17) is 10.5 Å². The van der Waals surface area contributed by atoms with Gasteiger partial charge in [0.2, 0.25) is 10.0 Å². The first-order valence-electron chi connectivity index (χ1n) is 6.45. The molecule has 1 saturated heterocycles. The lowest BCUT2D eigenvalue weighted by atomic mass is 9.69. The molecule has 2 heterocycles. The quantitative estimate of drug-likeness (QED) is 0.867. The molecule has 7 heteroatoms. The van der Waals surface area contributed by atoms with Crippen molar-refractivity contribution >= 4 is 21.4 Å². The Hall–Kier alpha value is -0.470. The van der Waals surface area contributed by atoms with E-state index in [1.54, 1.807) is 12.1 Å². The molecule has 1 aliphatic heterocycles. The second kappa shape index (κ2) is 4.82. The minimum Gasteiger partial charge on any atom is -0.376 e. The Balaban J connectivity index is 1.74. The van der Waals surface area contributed by atoms with Gasteiger partial charge in [0.05, 0.1) is 12.1 Å². The number of fused-ring (bicyclic) bond motifs is 1. The Labute approximate surface area is 117 Å². The van der Waals surface area contributed by atoms with Crippen molar-refractivity contribution in [2.24, 2.45) is 11.7 Å². The second-order valence-corrected chi connectivity index (χ2v) is 8.46. The van der Waals surface area contributed by atoms with E-state index in [1.807, 2.05) is 6.92 Å². The van der Waals surface area contributed by atoms with Crippen molar-refractivity contribution in [1.82, 2.24) is 4.72 Å². The highest BCUT2D eigenvalue weighted by Crippen LogP contribution is 2.37. The third-order valence-corrected chi connectivity index (χ3v) is 6.90. The predicted molar refractivity (Wildman–Crippen MR) is 73.6 cm³/mol. The van der Waals surface area contributed by atoms with Gasteiger partial charge in [-0.05, 0) is 31.9 Å². The number of hydrogen-bond donors (Lipinski definition) is 2.